The van der Waals surface area contributed by atoms with Crippen LogP contribution >= 0.6 is 0 Å². The van der Waals surface area contributed by atoms with E-state index in [9.17, 15) is 14.4 Å². The molecule has 2 rings (SSSR count). The van der Waals surface area contributed by atoms with Gasteiger partial charge in [0.25, 0.3) is 0 Å². The molecule has 0 aromatic carbocycles. The maximum absolute atomic E-state index is 13.1. The van der Waals surface area contributed by atoms with Crippen molar-refractivity contribution in [1.29, 1.82) is 0 Å². The van der Waals surface area contributed by atoms with Gasteiger partial charge in [-0.3, -0.25) is 14.4 Å². The van der Waals surface area contributed by atoms with E-state index in [2.05, 4.69) is 5.32 Å². The molecule has 7 nitrogen and oxygen atoms in total. The number of hydrogen-bond acceptors (Lipinski definition) is 5. The molecule has 1 saturated heterocycles. The zero-order chi connectivity index (χ0) is 19.6. The third-order valence-electron chi connectivity index (χ3n) is 5.15. The van der Waals surface area contributed by atoms with Crippen LogP contribution in [0.5, 0.6) is 0 Å². The molecule has 2 heterocycles. The van der Waals surface area contributed by atoms with Crippen LogP contribution in [0.4, 0.5) is 0 Å². The smallest absolute Gasteiger partial charge is 0.305 e. The fraction of sp³-hybridized carbons (Fsp3) is 0.750. The molecule has 2 aliphatic heterocycles. The van der Waals surface area contributed by atoms with E-state index in [1.807, 2.05) is 12.2 Å². The van der Waals surface area contributed by atoms with Gasteiger partial charge in [0, 0.05) is 25.4 Å². The van der Waals surface area contributed by atoms with Crippen molar-refractivity contribution in [1.82, 2.24) is 10.2 Å². The Balaban J connectivity index is 2.09. The lowest BCUT2D eigenvalue weighted by molar-refractivity contribution is -0.148. The Kier molecular flexibility index (Phi) is 8.78. The summed E-state index contributed by atoms with van der Waals surface area (Å²) in [5.41, 5.74) is 0. The Hall–Kier alpha value is -1.89. The monoisotopic (exact) mass is 380 g/mol. The van der Waals surface area contributed by atoms with Crippen LogP contribution in [0.15, 0.2) is 12.2 Å². The molecular formula is C20H32N2O5. The topological polar surface area (TPSA) is 95.9 Å². The van der Waals surface area contributed by atoms with Crippen molar-refractivity contribution in [2.24, 2.45) is 5.92 Å². The highest BCUT2D eigenvalue weighted by Crippen LogP contribution is 2.24. The van der Waals surface area contributed by atoms with Crippen LogP contribution in [0.1, 0.15) is 58.3 Å². The number of aliphatic hydroxyl groups excluding tert-OH is 1. The van der Waals surface area contributed by atoms with Gasteiger partial charge in [0.2, 0.25) is 11.8 Å². The lowest BCUT2D eigenvalue weighted by atomic mass is 9.97. The lowest BCUT2D eigenvalue weighted by Crippen LogP contribution is -2.44. The maximum Gasteiger partial charge on any atom is 0.305 e. The number of nitrogens with zero attached hydrogens (tertiary/aromatic N) is 1. The molecule has 2 aliphatic rings. The number of aliphatic hydroxyl groups is 1. The van der Waals surface area contributed by atoms with Crippen molar-refractivity contribution in [2.75, 3.05) is 19.8 Å². The number of esters is 1. The fourth-order valence-electron chi connectivity index (χ4n) is 3.58. The minimum absolute atomic E-state index is 0.0536. The predicted octanol–water partition coefficient (Wildman–Crippen LogP) is 1.54. The van der Waals surface area contributed by atoms with Gasteiger partial charge in [0.05, 0.1) is 18.6 Å². The van der Waals surface area contributed by atoms with Crippen LogP contribution in [0.2, 0.25) is 0 Å². The number of nitrogens with one attached hydrogen (secondary N) is 1. The highest BCUT2D eigenvalue weighted by Gasteiger charge is 2.34. The van der Waals surface area contributed by atoms with Crippen molar-refractivity contribution in [3.63, 3.8) is 0 Å². The van der Waals surface area contributed by atoms with Crippen molar-refractivity contribution in [2.45, 2.75) is 70.4 Å². The summed E-state index contributed by atoms with van der Waals surface area (Å²) in [4.78, 5) is 39.0. The zero-order valence-electron chi connectivity index (χ0n) is 16.2. The molecule has 1 fully saturated rings. The van der Waals surface area contributed by atoms with Crippen LogP contribution in [0, 0.1) is 5.92 Å². The maximum atomic E-state index is 13.1. The number of ether oxygens (including phenoxy) is 1. The molecule has 0 unspecified atom stereocenters. The van der Waals surface area contributed by atoms with E-state index in [-0.39, 0.29) is 49.5 Å². The third-order valence-corrected chi connectivity index (χ3v) is 5.15. The molecule has 7 heteroatoms. The first kappa shape index (κ1) is 21.4. The SMILES string of the molecule is C[C@@H](CO)NC(=O)C[C@H]1CC=CCCCCC(=O)OC[C@@H]2CCCN2C1=O. The highest BCUT2D eigenvalue weighted by atomic mass is 16.5. The van der Waals surface area contributed by atoms with E-state index >= 15 is 0 Å². The van der Waals surface area contributed by atoms with Crippen molar-refractivity contribution in [3.8, 4) is 0 Å². The Morgan fingerprint density at radius 3 is 2.93 bits per heavy atom. The first-order valence-corrected chi connectivity index (χ1v) is 10.0. The summed E-state index contributed by atoms with van der Waals surface area (Å²) in [7, 11) is 0. The minimum atomic E-state index is -0.439. The van der Waals surface area contributed by atoms with Gasteiger partial charge in [0.15, 0.2) is 0 Å². The summed E-state index contributed by atoms with van der Waals surface area (Å²) in [6.45, 7) is 2.46. The number of carbonyl (C=O) groups is 3. The van der Waals surface area contributed by atoms with Crippen LogP contribution < -0.4 is 5.32 Å². The van der Waals surface area contributed by atoms with Gasteiger partial charge in [-0.1, -0.05) is 12.2 Å². The molecule has 2 amide bonds. The molecule has 2 N–H and O–H groups in total. The van der Waals surface area contributed by atoms with Crippen LogP contribution in [-0.2, 0) is 19.1 Å². The Labute approximate surface area is 161 Å². The first-order valence-electron chi connectivity index (χ1n) is 10.0. The summed E-state index contributed by atoms with van der Waals surface area (Å²) < 4.78 is 5.37. The molecule has 0 radical (unpaired) electrons. The summed E-state index contributed by atoms with van der Waals surface area (Å²) in [6.07, 6.45) is 9.25. The molecule has 0 aromatic rings. The molecule has 0 aromatic heterocycles. The molecule has 0 aliphatic carbocycles. The second-order valence-corrected chi connectivity index (χ2v) is 7.52. The molecule has 3 atom stereocenters. The molecule has 0 spiro atoms. The average Bonchev–Trinajstić information content (AvgIpc) is 3.11. The Bertz CT molecular complexity index is 548. The van der Waals surface area contributed by atoms with Gasteiger partial charge in [-0.05, 0) is 45.4 Å². The van der Waals surface area contributed by atoms with Gasteiger partial charge in [-0.25, -0.2) is 0 Å². The Morgan fingerprint density at radius 2 is 2.15 bits per heavy atom. The summed E-state index contributed by atoms with van der Waals surface area (Å²) >= 11 is 0. The first-order chi connectivity index (χ1) is 13.0. The van der Waals surface area contributed by atoms with Gasteiger partial charge in [-0.15, -0.1) is 0 Å². The largest absolute Gasteiger partial charge is 0.463 e. The predicted molar refractivity (Wildman–Crippen MR) is 101 cm³/mol. The van der Waals surface area contributed by atoms with Crippen LogP contribution in [-0.4, -0.2) is 59.6 Å². The Morgan fingerprint density at radius 1 is 1.33 bits per heavy atom. The number of fused-ring (bicyclic) bond motifs is 1. The summed E-state index contributed by atoms with van der Waals surface area (Å²) in [5.74, 6) is -0.927. The van der Waals surface area contributed by atoms with Crippen molar-refractivity contribution < 1.29 is 24.2 Å². The van der Waals surface area contributed by atoms with Gasteiger partial charge in [-0.2, -0.15) is 0 Å². The second-order valence-electron chi connectivity index (χ2n) is 7.52. The van der Waals surface area contributed by atoms with Crippen LogP contribution in [0.3, 0.4) is 0 Å². The molecule has 152 valence electrons. The third kappa shape index (κ3) is 6.97. The van der Waals surface area contributed by atoms with E-state index in [0.717, 1.165) is 32.1 Å². The highest BCUT2D eigenvalue weighted by molar-refractivity contribution is 5.86. The number of allylic oxidation sites excluding steroid dienone is 2. The molecular weight excluding hydrogens is 348 g/mol. The lowest BCUT2D eigenvalue weighted by Gasteiger charge is -2.28. The average molecular weight is 380 g/mol. The van der Waals surface area contributed by atoms with Gasteiger partial charge in [0.1, 0.15) is 6.61 Å². The zero-order valence-corrected chi connectivity index (χ0v) is 16.2. The van der Waals surface area contributed by atoms with Crippen LogP contribution in [0.25, 0.3) is 0 Å². The van der Waals surface area contributed by atoms with E-state index < -0.39 is 5.92 Å². The standard InChI is InChI=1S/C20H32N2O5/c1-15(13-23)21-18(24)12-16-8-5-3-2-4-6-10-19(25)27-14-17-9-7-11-22(17)20(16)26/h3,5,15-17,23H,2,4,6-14H2,1H3,(H,21,24)/t15-,16+,17-/m0/s1. The number of amides is 2. The molecule has 0 bridgehead atoms. The van der Waals surface area contributed by atoms with Gasteiger partial charge < -0.3 is 20.1 Å². The molecule has 27 heavy (non-hydrogen) atoms. The molecule has 0 saturated carbocycles. The number of carbonyl (C=O) groups excluding carboxylic acids is 3. The quantitative estimate of drug-likeness (QED) is 0.570. The minimum Gasteiger partial charge on any atom is -0.463 e. The second kappa shape index (κ2) is 11.1. The van der Waals surface area contributed by atoms with E-state index in [1.165, 1.54) is 0 Å². The number of hydrogen-bond donors (Lipinski definition) is 2. The summed E-state index contributed by atoms with van der Waals surface area (Å²) in [5, 5.41) is 11.8. The van der Waals surface area contributed by atoms with Gasteiger partial charge >= 0.3 is 5.97 Å². The van der Waals surface area contributed by atoms with Crippen molar-refractivity contribution in [3.05, 3.63) is 12.2 Å². The number of cyclic esters (lactones) is 1. The van der Waals surface area contributed by atoms with E-state index in [1.54, 1.807) is 11.8 Å². The number of rotatable bonds is 4. The van der Waals surface area contributed by atoms with E-state index in [0.29, 0.717) is 19.4 Å². The van der Waals surface area contributed by atoms with Crippen molar-refractivity contribution >= 4 is 17.8 Å². The normalized spacial score (nSPS) is 26.1. The summed E-state index contributed by atoms with van der Waals surface area (Å²) in [6, 6.07) is -0.434. The van der Waals surface area contributed by atoms with E-state index in [4.69, 9.17) is 9.84 Å². The fourth-order valence-corrected chi connectivity index (χ4v) is 3.58.